The summed E-state index contributed by atoms with van der Waals surface area (Å²) in [6, 6.07) is 1.74. The predicted molar refractivity (Wildman–Crippen MR) is 69.7 cm³/mol. The standard InChI is InChI=1S/C13H17NO4/c1-8(14(15)16)6-11-7-12(17-4)9(2)10(3)13(11)18-5/h6-7H,1-5H3. The minimum atomic E-state index is -0.429. The summed E-state index contributed by atoms with van der Waals surface area (Å²) in [5.41, 5.74) is 2.58. The molecular formula is C13H17NO4. The maximum atomic E-state index is 10.7. The van der Waals surface area contributed by atoms with Crippen LogP contribution in [-0.4, -0.2) is 19.1 Å². The fraction of sp³-hybridized carbons (Fsp3) is 0.385. The molecule has 1 aromatic rings. The Morgan fingerprint density at radius 3 is 2.33 bits per heavy atom. The zero-order chi connectivity index (χ0) is 13.9. The highest BCUT2D eigenvalue weighted by molar-refractivity contribution is 5.65. The second-order valence-corrected chi connectivity index (χ2v) is 3.99. The van der Waals surface area contributed by atoms with Crippen LogP contribution < -0.4 is 9.47 Å². The summed E-state index contributed by atoms with van der Waals surface area (Å²) in [5, 5.41) is 10.7. The molecule has 0 saturated carbocycles. The summed E-state index contributed by atoms with van der Waals surface area (Å²) in [6.07, 6.45) is 1.48. The van der Waals surface area contributed by atoms with Gasteiger partial charge in [-0.25, -0.2) is 0 Å². The number of ether oxygens (including phenoxy) is 2. The second kappa shape index (κ2) is 5.53. The van der Waals surface area contributed by atoms with Gasteiger partial charge in [0.1, 0.15) is 11.5 Å². The van der Waals surface area contributed by atoms with Crippen molar-refractivity contribution in [2.75, 3.05) is 14.2 Å². The lowest BCUT2D eigenvalue weighted by Gasteiger charge is -2.14. The van der Waals surface area contributed by atoms with Gasteiger partial charge in [0.15, 0.2) is 0 Å². The van der Waals surface area contributed by atoms with Crippen LogP contribution in [0, 0.1) is 24.0 Å². The van der Waals surface area contributed by atoms with Crippen LogP contribution in [0.3, 0.4) is 0 Å². The maximum Gasteiger partial charge on any atom is 0.243 e. The van der Waals surface area contributed by atoms with E-state index in [9.17, 15) is 10.1 Å². The molecule has 5 heteroatoms. The highest BCUT2D eigenvalue weighted by Crippen LogP contribution is 2.34. The number of allylic oxidation sites excluding steroid dienone is 1. The van der Waals surface area contributed by atoms with Crippen molar-refractivity contribution in [2.45, 2.75) is 20.8 Å². The molecule has 0 unspecified atom stereocenters. The lowest BCUT2D eigenvalue weighted by Crippen LogP contribution is -1.99. The van der Waals surface area contributed by atoms with Crippen molar-refractivity contribution in [3.8, 4) is 11.5 Å². The van der Waals surface area contributed by atoms with Crippen LogP contribution in [0.5, 0.6) is 11.5 Å². The highest BCUT2D eigenvalue weighted by Gasteiger charge is 2.14. The van der Waals surface area contributed by atoms with E-state index in [2.05, 4.69) is 0 Å². The zero-order valence-corrected chi connectivity index (χ0v) is 11.2. The molecular weight excluding hydrogens is 234 g/mol. The molecule has 0 bridgehead atoms. The first-order valence-corrected chi connectivity index (χ1v) is 5.47. The monoisotopic (exact) mass is 251 g/mol. The van der Waals surface area contributed by atoms with E-state index in [0.29, 0.717) is 17.1 Å². The number of benzene rings is 1. The van der Waals surface area contributed by atoms with E-state index in [0.717, 1.165) is 11.1 Å². The molecule has 18 heavy (non-hydrogen) atoms. The molecule has 0 spiro atoms. The molecule has 0 amide bonds. The zero-order valence-electron chi connectivity index (χ0n) is 11.2. The van der Waals surface area contributed by atoms with Gasteiger partial charge in [-0.05, 0) is 31.0 Å². The van der Waals surface area contributed by atoms with E-state index in [1.165, 1.54) is 13.0 Å². The number of hydrogen-bond donors (Lipinski definition) is 0. The van der Waals surface area contributed by atoms with E-state index in [4.69, 9.17) is 9.47 Å². The Labute approximate surface area is 106 Å². The van der Waals surface area contributed by atoms with E-state index >= 15 is 0 Å². The lowest BCUT2D eigenvalue weighted by molar-refractivity contribution is -0.422. The van der Waals surface area contributed by atoms with E-state index in [1.54, 1.807) is 20.3 Å². The van der Waals surface area contributed by atoms with Gasteiger partial charge in [-0.2, -0.15) is 0 Å². The molecule has 0 saturated heterocycles. The summed E-state index contributed by atoms with van der Waals surface area (Å²) in [6.45, 7) is 5.27. The van der Waals surface area contributed by atoms with Gasteiger partial charge in [0, 0.05) is 18.6 Å². The van der Waals surface area contributed by atoms with Gasteiger partial charge in [-0.15, -0.1) is 0 Å². The summed E-state index contributed by atoms with van der Waals surface area (Å²) in [5.74, 6) is 1.32. The molecule has 0 radical (unpaired) electrons. The number of methoxy groups -OCH3 is 2. The van der Waals surface area contributed by atoms with Gasteiger partial charge in [0.05, 0.1) is 19.1 Å². The lowest BCUT2D eigenvalue weighted by atomic mass is 10.0. The number of nitrogens with zero attached hydrogens (tertiary/aromatic N) is 1. The Kier molecular flexibility index (Phi) is 4.31. The Hall–Kier alpha value is -2.04. The number of rotatable bonds is 4. The first-order valence-electron chi connectivity index (χ1n) is 5.47. The summed E-state index contributed by atoms with van der Waals surface area (Å²) in [7, 11) is 3.12. The van der Waals surface area contributed by atoms with Crippen LogP contribution in [0.2, 0.25) is 0 Å². The third-order valence-corrected chi connectivity index (χ3v) is 2.90. The van der Waals surface area contributed by atoms with Crippen LogP contribution in [0.15, 0.2) is 11.8 Å². The minimum absolute atomic E-state index is 0.0543. The Morgan fingerprint density at radius 1 is 1.28 bits per heavy atom. The van der Waals surface area contributed by atoms with Gasteiger partial charge in [-0.3, -0.25) is 10.1 Å². The molecule has 0 aliphatic rings. The SMILES string of the molecule is COc1cc(C=C(C)[N+](=O)[O-])c(OC)c(C)c1C. The minimum Gasteiger partial charge on any atom is -0.496 e. The quantitative estimate of drug-likeness (QED) is 0.609. The maximum absolute atomic E-state index is 10.7. The average molecular weight is 251 g/mol. The fourth-order valence-electron chi connectivity index (χ4n) is 1.75. The molecule has 0 aliphatic heterocycles. The first-order chi connectivity index (χ1) is 8.42. The molecule has 98 valence electrons. The molecule has 0 heterocycles. The normalized spacial score (nSPS) is 11.3. The second-order valence-electron chi connectivity index (χ2n) is 3.99. The summed E-state index contributed by atoms with van der Waals surface area (Å²) in [4.78, 5) is 10.2. The van der Waals surface area contributed by atoms with E-state index < -0.39 is 4.92 Å². The van der Waals surface area contributed by atoms with Gasteiger partial charge in [0.2, 0.25) is 5.70 Å². The molecule has 1 aromatic carbocycles. The smallest absolute Gasteiger partial charge is 0.243 e. The van der Waals surface area contributed by atoms with E-state index in [-0.39, 0.29) is 5.70 Å². The van der Waals surface area contributed by atoms with Crippen LogP contribution in [0.4, 0.5) is 0 Å². The third kappa shape index (κ3) is 2.61. The predicted octanol–water partition coefficient (Wildman–Crippen LogP) is 2.96. The van der Waals surface area contributed by atoms with Crippen molar-refractivity contribution in [2.24, 2.45) is 0 Å². The molecule has 0 fully saturated rings. The van der Waals surface area contributed by atoms with Crippen LogP contribution in [-0.2, 0) is 0 Å². The van der Waals surface area contributed by atoms with Crippen LogP contribution in [0.1, 0.15) is 23.6 Å². The van der Waals surface area contributed by atoms with Crippen molar-refractivity contribution in [3.63, 3.8) is 0 Å². The average Bonchev–Trinajstić information content (AvgIpc) is 2.33. The van der Waals surface area contributed by atoms with Crippen LogP contribution >= 0.6 is 0 Å². The van der Waals surface area contributed by atoms with Crippen molar-refractivity contribution in [1.29, 1.82) is 0 Å². The molecule has 1 rings (SSSR count). The Morgan fingerprint density at radius 2 is 1.89 bits per heavy atom. The molecule has 5 nitrogen and oxygen atoms in total. The van der Waals surface area contributed by atoms with Gasteiger partial charge >= 0.3 is 0 Å². The molecule has 0 aromatic heterocycles. The van der Waals surface area contributed by atoms with Crippen LogP contribution in [0.25, 0.3) is 6.08 Å². The van der Waals surface area contributed by atoms with Crippen molar-refractivity contribution >= 4 is 6.08 Å². The van der Waals surface area contributed by atoms with E-state index in [1.807, 2.05) is 13.8 Å². The van der Waals surface area contributed by atoms with Gasteiger partial charge in [-0.1, -0.05) is 0 Å². The number of nitro groups is 1. The third-order valence-electron chi connectivity index (χ3n) is 2.90. The fourth-order valence-corrected chi connectivity index (χ4v) is 1.75. The summed E-state index contributed by atoms with van der Waals surface area (Å²) < 4.78 is 10.6. The topological polar surface area (TPSA) is 61.6 Å². The Balaban J connectivity index is 3.47. The summed E-state index contributed by atoms with van der Waals surface area (Å²) >= 11 is 0. The first kappa shape index (κ1) is 14.0. The van der Waals surface area contributed by atoms with Crippen molar-refractivity contribution < 1.29 is 14.4 Å². The highest BCUT2D eigenvalue weighted by atomic mass is 16.6. The molecule has 0 aliphatic carbocycles. The Bertz CT molecular complexity index is 506. The molecule has 0 atom stereocenters. The van der Waals surface area contributed by atoms with Crippen molar-refractivity contribution in [1.82, 2.24) is 0 Å². The van der Waals surface area contributed by atoms with Gasteiger partial charge in [0.25, 0.3) is 0 Å². The largest absolute Gasteiger partial charge is 0.496 e. The van der Waals surface area contributed by atoms with Gasteiger partial charge < -0.3 is 9.47 Å². The molecule has 0 N–H and O–H groups in total. The number of hydrogen-bond acceptors (Lipinski definition) is 4. The van der Waals surface area contributed by atoms with Crippen molar-refractivity contribution in [3.05, 3.63) is 38.6 Å².